The second-order valence-electron chi connectivity index (χ2n) is 4.54. The minimum Gasteiger partial charge on any atom is -0.478 e. The van der Waals surface area contributed by atoms with Crippen LogP contribution in [0.1, 0.15) is 35.7 Å². The van der Waals surface area contributed by atoms with E-state index in [1.54, 1.807) is 12.1 Å². The Morgan fingerprint density at radius 2 is 2.05 bits per heavy atom. The third-order valence-electron chi connectivity index (χ3n) is 3.30. The number of hydrogen-bond donors (Lipinski definition) is 1. The van der Waals surface area contributed by atoms with Crippen molar-refractivity contribution in [3.63, 3.8) is 0 Å². The smallest absolute Gasteiger partial charge is 0.339 e. The van der Waals surface area contributed by atoms with Gasteiger partial charge in [-0.15, -0.1) is 0 Å². The maximum Gasteiger partial charge on any atom is 0.339 e. The van der Waals surface area contributed by atoms with Crippen LogP contribution in [0.15, 0.2) is 12.1 Å². The van der Waals surface area contributed by atoms with Crippen LogP contribution in [0.25, 0.3) is 10.9 Å². The van der Waals surface area contributed by atoms with E-state index in [4.69, 9.17) is 23.2 Å². The topological polar surface area (TPSA) is 42.2 Å². The highest BCUT2D eigenvalue weighted by Crippen LogP contribution is 2.35. The molecule has 1 N–H and O–H groups in total. The number of aromatic carboxylic acids is 1. The first kappa shape index (κ1) is 14.2. The fraction of sp³-hybridized carbons (Fsp3) is 0.357. The van der Waals surface area contributed by atoms with Crippen molar-refractivity contribution in [2.45, 2.75) is 33.2 Å². The number of unbranched alkanes of at least 4 members (excludes halogenated alkanes) is 1. The van der Waals surface area contributed by atoms with Crippen LogP contribution in [0.4, 0.5) is 0 Å². The molecule has 0 aliphatic heterocycles. The highest BCUT2D eigenvalue weighted by atomic mass is 35.5. The molecule has 1 heterocycles. The molecule has 0 saturated carbocycles. The van der Waals surface area contributed by atoms with Crippen molar-refractivity contribution in [3.8, 4) is 0 Å². The standard InChI is InChI=1S/C14H15Cl2NO2/c1-3-4-7-17-12-8(2)10(15)6-5-9(12)11(13(17)16)14(18)19/h5-6H,3-4,7H2,1-2H3,(H,18,19). The third kappa shape index (κ3) is 2.33. The molecule has 5 heteroatoms. The lowest BCUT2D eigenvalue weighted by molar-refractivity contribution is 0.0699. The zero-order valence-electron chi connectivity index (χ0n) is 10.8. The number of aryl methyl sites for hydroxylation is 2. The van der Waals surface area contributed by atoms with Gasteiger partial charge in [-0.1, -0.05) is 42.6 Å². The van der Waals surface area contributed by atoms with Crippen LogP contribution in [0.5, 0.6) is 0 Å². The van der Waals surface area contributed by atoms with Crippen LogP contribution < -0.4 is 0 Å². The maximum atomic E-state index is 11.4. The van der Waals surface area contributed by atoms with E-state index < -0.39 is 5.97 Å². The predicted molar refractivity (Wildman–Crippen MR) is 78.6 cm³/mol. The zero-order valence-corrected chi connectivity index (χ0v) is 12.3. The summed E-state index contributed by atoms with van der Waals surface area (Å²) < 4.78 is 1.85. The van der Waals surface area contributed by atoms with Crippen molar-refractivity contribution in [1.82, 2.24) is 4.57 Å². The van der Waals surface area contributed by atoms with Crippen LogP contribution in [0, 0.1) is 6.92 Å². The largest absolute Gasteiger partial charge is 0.478 e. The van der Waals surface area contributed by atoms with Crippen LogP contribution in [-0.2, 0) is 6.54 Å². The minimum absolute atomic E-state index is 0.160. The number of carboxylic acid groups (broad SMARTS) is 1. The van der Waals surface area contributed by atoms with Crippen molar-refractivity contribution in [3.05, 3.63) is 33.4 Å². The predicted octanol–water partition coefficient (Wildman–Crippen LogP) is 4.75. The number of halogens is 2. The van der Waals surface area contributed by atoms with Crippen molar-refractivity contribution in [2.24, 2.45) is 0 Å². The molecule has 1 aromatic heterocycles. The van der Waals surface area contributed by atoms with Gasteiger partial charge in [0.15, 0.2) is 0 Å². The molecule has 1 aromatic carbocycles. The van der Waals surface area contributed by atoms with Gasteiger partial charge in [0, 0.05) is 17.0 Å². The van der Waals surface area contributed by atoms with E-state index in [0.29, 0.717) is 17.0 Å². The van der Waals surface area contributed by atoms with Gasteiger partial charge in [0.05, 0.1) is 5.52 Å². The molecule has 2 aromatic rings. The quantitative estimate of drug-likeness (QED) is 0.885. The molecule has 0 spiro atoms. The highest BCUT2D eigenvalue weighted by molar-refractivity contribution is 6.36. The number of fused-ring (bicyclic) bond motifs is 1. The Hall–Kier alpha value is -1.19. The first-order valence-corrected chi connectivity index (χ1v) is 6.94. The molecule has 0 aliphatic rings. The fourth-order valence-corrected chi connectivity index (χ4v) is 2.80. The summed E-state index contributed by atoms with van der Waals surface area (Å²) >= 11 is 12.4. The number of aromatic nitrogens is 1. The summed E-state index contributed by atoms with van der Waals surface area (Å²) in [7, 11) is 0. The van der Waals surface area contributed by atoms with E-state index in [0.717, 1.165) is 23.9 Å². The van der Waals surface area contributed by atoms with E-state index in [1.807, 2.05) is 11.5 Å². The molecule has 0 amide bonds. The molecule has 0 fully saturated rings. The average Bonchev–Trinajstić information content (AvgIpc) is 2.64. The Kier molecular flexibility index (Phi) is 4.07. The molecular formula is C14H15Cl2NO2. The molecular weight excluding hydrogens is 285 g/mol. The normalized spacial score (nSPS) is 11.2. The van der Waals surface area contributed by atoms with Gasteiger partial charge >= 0.3 is 5.97 Å². The Bertz CT molecular complexity index is 647. The fourth-order valence-electron chi connectivity index (χ4n) is 2.30. The van der Waals surface area contributed by atoms with Gasteiger partial charge in [-0.25, -0.2) is 4.79 Å². The summed E-state index contributed by atoms with van der Waals surface area (Å²) in [5.74, 6) is -1.01. The average molecular weight is 300 g/mol. The van der Waals surface area contributed by atoms with Crippen molar-refractivity contribution in [1.29, 1.82) is 0 Å². The Balaban J connectivity index is 2.81. The molecule has 0 unspecified atom stereocenters. The lowest BCUT2D eigenvalue weighted by atomic mass is 10.1. The number of benzene rings is 1. The van der Waals surface area contributed by atoms with E-state index in [1.165, 1.54) is 0 Å². The first-order chi connectivity index (χ1) is 8.99. The second kappa shape index (κ2) is 5.43. The highest BCUT2D eigenvalue weighted by Gasteiger charge is 2.22. The Morgan fingerprint density at radius 1 is 1.37 bits per heavy atom. The molecule has 19 heavy (non-hydrogen) atoms. The molecule has 0 atom stereocenters. The van der Waals surface area contributed by atoms with Gasteiger partial charge in [0.1, 0.15) is 10.7 Å². The summed E-state index contributed by atoms with van der Waals surface area (Å²) in [6, 6.07) is 3.44. The van der Waals surface area contributed by atoms with Crippen molar-refractivity contribution < 1.29 is 9.90 Å². The van der Waals surface area contributed by atoms with Gasteiger partial charge in [-0.2, -0.15) is 0 Å². The molecule has 0 aliphatic carbocycles. The van der Waals surface area contributed by atoms with Crippen LogP contribution in [0.2, 0.25) is 10.2 Å². The SMILES string of the molecule is CCCCn1c(Cl)c(C(=O)O)c2ccc(Cl)c(C)c21. The minimum atomic E-state index is -1.01. The molecule has 2 rings (SSSR count). The molecule has 0 bridgehead atoms. The molecule has 0 radical (unpaired) electrons. The maximum absolute atomic E-state index is 11.4. The van der Waals surface area contributed by atoms with Gasteiger partial charge in [0.2, 0.25) is 0 Å². The van der Waals surface area contributed by atoms with Gasteiger partial charge in [-0.3, -0.25) is 0 Å². The van der Waals surface area contributed by atoms with Crippen LogP contribution in [0.3, 0.4) is 0 Å². The number of hydrogen-bond acceptors (Lipinski definition) is 1. The Labute approximate surface area is 121 Å². The summed E-state index contributed by atoms with van der Waals surface area (Å²) in [6.45, 7) is 4.66. The lowest BCUT2D eigenvalue weighted by Crippen LogP contribution is -2.00. The summed E-state index contributed by atoms with van der Waals surface area (Å²) in [5, 5.41) is 10.9. The zero-order chi connectivity index (χ0) is 14.2. The van der Waals surface area contributed by atoms with E-state index in [2.05, 4.69) is 6.92 Å². The van der Waals surface area contributed by atoms with E-state index in [9.17, 15) is 9.90 Å². The first-order valence-electron chi connectivity index (χ1n) is 6.19. The summed E-state index contributed by atoms with van der Waals surface area (Å²) in [5.41, 5.74) is 1.85. The van der Waals surface area contributed by atoms with Crippen LogP contribution in [-0.4, -0.2) is 15.6 Å². The number of nitrogens with zero attached hydrogens (tertiary/aromatic N) is 1. The number of carboxylic acids is 1. The molecule has 0 saturated heterocycles. The second-order valence-corrected chi connectivity index (χ2v) is 5.31. The summed E-state index contributed by atoms with van der Waals surface area (Å²) in [6.07, 6.45) is 1.95. The van der Waals surface area contributed by atoms with Gasteiger partial charge in [-0.05, 0) is 25.0 Å². The Morgan fingerprint density at radius 3 is 2.63 bits per heavy atom. The van der Waals surface area contributed by atoms with Crippen molar-refractivity contribution >= 4 is 40.1 Å². The van der Waals surface area contributed by atoms with Gasteiger partial charge < -0.3 is 9.67 Å². The van der Waals surface area contributed by atoms with Gasteiger partial charge in [0.25, 0.3) is 0 Å². The van der Waals surface area contributed by atoms with E-state index >= 15 is 0 Å². The lowest BCUT2D eigenvalue weighted by Gasteiger charge is -2.08. The van der Waals surface area contributed by atoms with Crippen molar-refractivity contribution in [2.75, 3.05) is 0 Å². The monoisotopic (exact) mass is 299 g/mol. The van der Waals surface area contributed by atoms with Crippen LogP contribution >= 0.6 is 23.2 Å². The molecule has 102 valence electrons. The third-order valence-corrected chi connectivity index (χ3v) is 4.10. The number of rotatable bonds is 4. The number of carbonyl (C=O) groups is 1. The van der Waals surface area contributed by atoms with E-state index in [-0.39, 0.29) is 10.7 Å². The molecule has 3 nitrogen and oxygen atoms in total. The summed E-state index contributed by atoms with van der Waals surface area (Å²) in [4.78, 5) is 11.4.